The number of piperazine rings is 1. The van der Waals surface area contributed by atoms with Gasteiger partial charge >= 0.3 is 0 Å². The Bertz CT molecular complexity index is 648. The van der Waals surface area contributed by atoms with E-state index in [4.69, 9.17) is 11.6 Å². The van der Waals surface area contributed by atoms with Gasteiger partial charge in [0.05, 0.1) is 6.04 Å². The van der Waals surface area contributed by atoms with Crippen LogP contribution in [-0.4, -0.2) is 48.3 Å². The second-order valence-corrected chi connectivity index (χ2v) is 6.97. The summed E-state index contributed by atoms with van der Waals surface area (Å²) < 4.78 is 0. The number of unbranched alkanes of at least 4 members (excludes halogenated alkanes) is 1. The molecule has 0 aromatic heterocycles. The first-order valence-corrected chi connectivity index (χ1v) is 9.40. The van der Waals surface area contributed by atoms with Crippen LogP contribution in [0.15, 0.2) is 24.3 Å². The van der Waals surface area contributed by atoms with Gasteiger partial charge in [-0.1, -0.05) is 31.4 Å². The quantitative estimate of drug-likeness (QED) is 0.791. The third-order valence-corrected chi connectivity index (χ3v) is 4.76. The standard InChI is InChI=1S/C19H26ClN3O3/c1-3-4-5-17-12-22(16-8-6-15(20)7-9-16)19(26)13-23(17)18(25)10-11-21-14(2)24/h6-9,17H,3-5,10-13H2,1-2H3,(H,21,24)/t17-/m0/s1. The summed E-state index contributed by atoms with van der Waals surface area (Å²) >= 11 is 5.93. The Morgan fingerprint density at radius 3 is 2.58 bits per heavy atom. The molecule has 7 heteroatoms. The largest absolute Gasteiger partial charge is 0.356 e. The highest BCUT2D eigenvalue weighted by Crippen LogP contribution is 2.24. The molecule has 1 aromatic carbocycles. The van der Waals surface area contributed by atoms with Gasteiger partial charge in [-0.15, -0.1) is 0 Å². The minimum atomic E-state index is -0.163. The van der Waals surface area contributed by atoms with E-state index < -0.39 is 0 Å². The monoisotopic (exact) mass is 379 g/mol. The van der Waals surface area contributed by atoms with Crippen LogP contribution in [0.4, 0.5) is 5.69 Å². The summed E-state index contributed by atoms with van der Waals surface area (Å²) in [5, 5.41) is 3.25. The highest BCUT2D eigenvalue weighted by atomic mass is 35.5. The van der Waals surface area contributed by atoms with Gasteiger partial charge in [-0.3, -0.25) is 14.4 Å². The van der Waals surface area contributed by atoms with Crippen LogP contribution in [0, 0.1) is 0 Å². The SMILES string of the molecule is CCCC[C@H]1CN(c2ccc(Cl)cc2)C(=O)CN1C(=O)CCNC(C)=O. The van der Waals surface area contributed by atoms with Crippen LogP contribution in [0.25, 0.3) is 0 Å². The minimum Gasteiger partial charge on any atom is -0.356 e. The van der Waals surface area contributed by atoms with Gasteiger partial charge in [0.15, 0.2) is 0 Å². The summed E-state index contributed by atoms with van der Waals surface area (Å²) in [6.07, 6.45) is 3.07. The van der Waals surface area contributed by atoms with Crippen molar-refractivity contribution in [3.8, 4) is 0 Å². The van der Waals surface area contributed by atoms with Crippen molar-refractivity contribution < 1.29 is 14.4 Å². The fourth-order valence-corrected chi connectivity index (χ4v) is 3.24. The van der Waals surface area contributed by atoms with Crippen LogP contribution in [0.1, 0.15) is 39.5 Å². The van der Waals surface area contributed by atoms with E-state index in [-0.39, 0.29) is 36.7 Å². The lowest BCUT2D eigenvalue weighted by molar-refractivity contribution is -0.140. The molecule has 0 unspecified atom stereocenters. The number of carbonyl (C=O) groups is 3. The number of carbonyl (C=O) groups excluding carboxylic acids is 3. The highest BCUT2D eigenvalue weighted by Gasteiger charge is 2.34. The second-order valence-electron chi connectivity index (χ2n) is 6.53. The Kier molecular flexibility index (Phi) is 7.45. The minimum absolute atomic E-state index is 0.0202. The van der Waals surface area contributed by atoms with Crippen LogP contribution < -0.4 is 10.2 Å². The van der Waals surface area contributed by atoms with Crippen molar-refractivity contribution in [1.82, 2.24) is 10.2 Å². The van der Waals surface area contributed by atoms with Gasteiger partial charge in [-0.25, -0.2) is 0 Å². The molecule has 0 spiro atoms. The molecule has 26 heavy (non-hydrogen) atoms. The molecule has 1 fully saturated rings. The number of hydrogen-bond donors (Lipinski definition) is 1. The van der Waals surface area contributed by atoms with Crippen molar-refractivity contribution in [3.05, 3.63) is 29.3 Å². The molecule has 0 saturated carbocycles. The molecule has 6 nitrogen and oxygen atoms in total. The van der Waals surface area contributed by atoms with Gasteiger partial charge in [0.1, 0.15) is 6.54 Å². The van der Waals surface area contributed by atoms with Gasteiger partial charge in [-0.2, -0.15) is 0 Å². The molecule has 1 atom stereocenters. The summed E-state index contributed by atoms with van der Waals surface area (Å²) in [5.74, 6) is -0.360. The Balaban J connectivity index is 2.09. The number of anilines is 1. The maximum Gasteiger partial charge on any atom is 0.246 e. The van der Waals surface area contributed by atoms with Crippen molar-refractivity contribution in [1.29, 1.82) is 0 Å². The van der Waals surface area contributed by atoms with Crippen molar-refractivity contribution >= 4 is 35.0 Å². The molecule has 0 bridgehead atoms. The van der Waals surface area contributed by atoms with Crippen molar-refractivity contribution in [3.63, 3.8) is 0 Å². The second kappa shape index (κ2) is 9.57. The van der Waals surface area contributed by atoms with Crippen LogP contribution in [0.2, 0.25) is 5.02 Å². The average molecular weight is 380 g/mol. The molecule has 1 heterocycles. The van der Waals surface area contributed by atoms with E-state index >= 15 is 0 Å². The van der Waals surface area contributed by atoms with Gasteiger partial charge in [0.25, 0.3) is 0 Å². The summed E-state index contributed by atoms with van der Waals surface area (Å²) in [6, 6.07) is 7.15. The zero-order valence-corrected chi connectivity index (χ0v) is 16.1. The summed E-state index contributed by atoms with van der Waals surface area (Å²) in [6.45, 7) is 4.36. The number of benzene rings is 1. The lowest BCUT2D eigenvalue weighted by Crippen LogP contribution is -2.58. The number of nitrogens with zero attached hydrogens (tertiary/aromatic N) is 2. The van der Waals surface area contributed by atoms with Crippen molar-refractivity contribution in [2.24, 2.45) is 0 Å². The van der Waals surface area contributed by atoms with E-state index in [9.17, 15) is 14.4 Å². The number of hydrogen-bond acceptors (Lipinski definition) is 3. The molecule has 1 N–H and O–H groups in total. The molecule has 0 aliphatic carbocycles. The lowest BCUT2D eigenvalue weighted by Gasteiger charge is -2.41. The highest BCUT2D eigenvalue weighted by molar-refractivity contribution is 6.30. The Labute approximate surface area is 159 Å². The average Bonchev–Trinajstić information content (AvgIpc) is 2.61. The molecular weight excluding hydrogens is 354 g/mol. The van der Waals surface area contributed by atoms with Gasteiger partial charge in [-0.05, 0) is 30.7 Å². The zero-order valence-electron chi connectivity index (χ0n) is 15.3. The topological polar surface area (TPSA) is 69.7 Å². The summed E-state index contributed by atoms with van der Waals surface area (Å²) in [4.78, 5) is 39.6. The first-order valence-electron chi connectivity index (χ1n) is 9.02. The van der Waals surface area contributed by atoms with Gasteiger partial charge < -0.3 is 15.1 Å². The van der Waals surface area contributed by atoms with Crippen molar-refractivity contribution in [2.45, 2.75) is 45.6 Å². The first kappa shape index (κ1) is 20.2. The molecule has 3 amide bonds. The Morgan fingerprint density at radius 1 is 1.27 bits per heavy atom. The molecule has 1 aliphatic heterocycles. The van der Waals surface area contributed by atoms with E-state index in [1.54, 1.807) is 21.9 Å². The lowest BCUT2D eigenvalue weighted by atomic mass is 10.0. The molecule has 0 radical (unpaired) electrons. The molecule has 2 rings (SSSR count). The smallest absolute Gasteiger partial charge is 0.246 e. The molecular formula is C19H26ClN3O3. The van der Waals surface area contributed by atoms with E-state index in [0.717, 1.165) is 24.9 Å². The first-order chi connectivity index (χ1) is 12.4. The fourth-order valence-electron chi connectivity index (χ4n) is 3.11. The van der Waals surface area contributed by atoms with E-state index in [2.05, 4.69) is 12.2 Å². The predicted octanol–water partition coefficient (Wildman–Crippen LogP) is 2.60. The predicted molar refractivity (Wildman–Crippen MR) is 102 cm³/mol. The maximum atomic E-state index is 12.6. The van der Waals surface area contributed by atoms with Crippen LogP contribution in [-0.2, 0) is 14.4 Å². The molecule has 1 aromatic rings. The molecule has 142 valence electrons. The van der Waals surface area contributed by atoms with Crippen LogP contribution in [0.5, 0.6) is 0 Å². The zero-order chi connectivity index (χ0) is 19.1. The normalized spacial score (nSPS) is 17.3. The van der Waals surface area contributed by atoms with E-state index in [0.29, 0.717) is 18.1 Å². The summed E-state index contributed by atoms with van der Waals surface area (Å²) in [5.41, 5.74) is 0.797. The fraction of sp³-hybridized carbons (Fsp3) is 0.526. The van der Waals surface area contributed by atoms with E-state index in [1.807, 2.05) is 12.1 Å². The molecule has 1 saturated heterocycles. The third kappa shape index (κ3) is 5.46. The Morgan fingerprint density at radius 2 is 1.96 bits per heavy atom. The number of rotatable bonds is 7. The third-order valence-electron chi connectivity index (χ3n) is 4.50. The van der Waals surface area contributed by atoms with Gasteiger partial charge in [0, 0.05) is 37.1 Å². The number of halogens is 1. The summed E-state index contributed by atoms with van der Waals surface area (Å²) in [7, 11) is 0. The number of amides is 3. The van der Waals surface area contributed by atoms with Crippen LogP contribution in [0.3, 0.4) is 0 Å². The Hall–Kier alpha value is -2.08. The van der Waals surface area contributed by atoms with Crippen molar-refractivity contribution in [2.75, 3.05) is 24.5 Å². The molecule has 1 aliphatic rings. The van der Waals surface area contributed by atoms with E-state index in [1.165, 1.54) is 6.92 Å². The van der Waals surface area contributed by atoms with Crippen LogP contribution >= 0.6 is 11.6 Å². The number of nitrogens with one attached hydrogen (secondary N) is 1. The van der Waals surface area contributed by atoms with Gasteiger partial charge in [0.2, 0.25) is 17.7 Å². The maximum absolute atomic E-state index is 12.6.